The molecule has 0 atom stereocenters. The summed E-state index contributed by atoms with van der Waals surface area (Å²) in [4.78, 5) is 11.7. The van der Waals surface area contributed by atoms with Crippen LogP contribution in [0.15, 0.2) is 16.8 Å². The number of nitrogens with two attached hydrogens (primary N) is 1. The molecule has 7 heteroatoms. The van der Waals surface area contributed by atoms with Crippen LogP contribution in [0, 0.1) is 6.92 Å². The van der Waals surface area contributed by atoms with Gasteiger partial charge in [-0.05, 0) is 6.92 Å². The molecule has 0 aliphatic carbocycles. The Morgan fingerprint density at radius 3 is 2.88 bits per heavy atom. The number of rotatable bonds is 2. The standard InChI is InChI=1S/C9H11N5O2/c1-5-3-7(16-13-5)11-9(15)8-6(10)4-14(2)12-8/h3-4H,10H2,1-2H3,(H,11,15). The number of aryl methyl sites for hydroxylation is 2. The van der Waals surface area contributed by atoms with Crippen molar-refractivity contribution < 1.29 is 9.32 Å². The van der Waals surface area contributed by atoms with E-state index in [2.05, 4.69) is 15.6 Å². The molecular weight excluding hydrogens is 210 g/mol. The first kappa shape index (κ1) is 10.2. The third-order valence-electron chi connectivity index (χ3n) is 1.94. The lowest BCUT2D eigenvalue weighted by atomic mass is 10.3. The predicted molar refractivity (Wildman–Crippen MR) is 56.8 cm³/mol. The van der Waals surface area contributed by atoms with Crippen LogP contribution < -0.4 is 11.1 Å². The lowest BCUT2D eigenvalue weighted by Gasteiger charge is -1.97. The van der Waals surface area contributed by atoms with Gasteiger partial charge in [0.15, 0.2) is 5.69 Å². The van der Waals surface area contributed by atoms with Crippen LogP contribution in [0.2, 0.25) is 0 Å². The van der Waals surface area contributed by atoms with Gasteiger partial charge in [-0.3, -0.25) is 14.8 Å². The molecule has 0 bridgehead atoms. The van der Waals surface area contributed by atoms with E-state index < -0.39 is 5.91 Å². The van der Waals surface area contributed by atoms with Gasteiger partial charge in [-0.1, -0.05) is 5.16 Å². The van der Waals surface area contributed by atoms with Gasteiger partial charge >= 0.3 is 0 Å². The molecular formula is C9H11N5O2. The number of amides is 1. The van der Waals surface area contributed by atoms with Crippen molar-refractivity contribution >= 4 is 17.5 Å². The molecule has 0 aliphatic heterocycles. The molecule has 2 aromatic heterocycles. The van der Waals surface area contributed by atoms with E-state index in [1.165, 1.54) is 4.68 Å². The van der Waals surface area contributed by atoms with Gasteiger partial charge in [0.05, 0.1) is 11.4 Å². The Balaban J connectivity index is 2.17. The summed E-state index contributed by atoms with van der Waals surface area (Å²) < 4.78 is 6.31. The van der Waals surface area contributed by atoms with E-state index in [4.69, 9.17) is 10.3 Å². The maximum Gasteiger partial charge on any atom is 0.280 e. The summed E-state index contributed by atoms with van der Waals surface area (Å²) >= 11 is 0. The summed E-state index contributed by atoms with van der Waals surface area (Å²) in [5.74, 6) is -0.151. The Hall–Kier alpha value is -2.31. The van der Waals surface area contributed by atoms with Crippen molar-refractivity contribution in [3.63, 3.8) is 0 Å². The van der Waals surface area contributed by atoms with Gasteiger partial charge in [-0.2, -0.15) is 5.10 Å². The van der Waals surface area contributed by atoms with Crippen molar-refractivity contribution in [1.82, 2.24) is 14.9 Å². The predicted octanol–water partition coefficient (Wildman–Crippen LogP) is 0.551. The Labute approximate surface area is 91.2 Å². The zero-order valence-electron chi connectivity index (χ0n) is 8.89. The average Bonchev–Trinajstić information content (AvgIpc) is 2.73. The SMILES string of the molecule is Cc1cc(NC(=O)c2nn(C)cc2N)on1. The molecule has 84 valence electrons. The minimum atomic E-state index is -0.422. The van der Waals surface area contributed by atoms with Gasteiger partial charge in [0.1, 0.15) is 0 Å². The molecule has 0 radical (unpaired) electrons. The molecule has 1 amide bonds. The van der Waals surface area contributed by atoms with E-state index in [1.54, 1.807) is 26.2 Å². The zero-order chi connectivity index (χ0) is 11.7. The Morgan fingerprint density at radius 2 is 2.38 bits per heavy atom. The fourth-order valence-corrected chi connectivity index (χ4v) is 1.28. The van der Waals surface area contributed by atoms with E-state index in [-0.39, 0.29) is 11.6 Å². The second kappa shape index (κ2) is 3.69. The van der Waals surface area contributed by atoms with E-state index in [1.807, 2.05) is 0 Å². The number of anilines is 2. The molecule has 0 fully saturated rings. The summed E-state index contributed by atoms with van der Waals surface area (Å²) in [7, 11) is 1.69. The van der Waals surface area contributed by atoms with Crippen molar-refractivity contribution in [3.05, 3.63) is 23.7 Å². The second-order valence-electron chi connectivity index (χ2n) is 3.39. The Morgan fingerprint density at radius 1 is 1.62 bits per heavy atom. The van der Waals surface area contributed by atoms with Gasteiger partial charge in [-0.15, -0.1) is 0 Å². The van der Waals surface area contributed by atoms with Crippen LogP contribution in [0.4, 0.5) is 11.6 Å². The van der Waals surface area contributed by atoms with Crippen LogP contribution in [-0.2, 0) is 7.05 Å². The number of nitrogens with one attached hydrogen (secondary N) is 1. The number of carbonyl (C=O) groups is 1. The van der Waals surface area contributed by atoms with Crippen molar-refractivity contribution in [1.29, 1.82) is 0 Å². The number of nitrogen functional groups attached to an aromatic ring is 1. The molecule has 16 heavy (non-hydrogen) atoms. The van der Waals surface area contributed by atoms with E-state index in [0.717, 1.165) is 0 Å². The summed E-state index contributed by atoms with van der Waals surface area (Å²) in [6.45, 7) is 1.76. The molecule has 0 unspecified atom stereocenters. The highest BCUT2D eigenvalue weighted by Gasteiger charge is 2.15. The van der Waals surface area contributed by atoms with Crippen molar-refractivity contribution in [3.8, 4) is 0 Å². The van der Waals surface area contributed by atoms with Gasteiger partial charge in [-0.25, -0.2) is 0 Å². The summed E-state index contributed by atoms with van der Waals surface area (Å²) in [6, 6.07) is 1.61. The van der Waals surface area contributed by atoms with Crippen LogP contribution in [-0.4, -0.2) is 20.8 Å². The Bertz CT molecular complexity index is 528. The topological polar surface area (TPSA) is 99.0 Å². The first-order chi connectivity index (χ1) is 7.56. The number of hydrogen-bond acceptors (Lipinski definition) is 5. The van der Waals surface area contributed by atoms with Crippen molar-refractivity contribution in [2.45, 2.75) is 6.92 Å². The number of carbonyl (C=O) groups excluding carboxylic acids is 1. The molecule has 0 saturated heterocycles. The lowest BCUT2D eigenvalue weighted by Crippen LogP contribution is -2.14. The Kier molecular flexibility index (Phi) is 2.35. The molecule has 3 N–H and O–H groups in total. The minimum Gasteiger partial charge on any atom is -0.396 e. The van der Waals surface area contributed by atoms with Crippen LogP contribution in [0.1, 0.15) is 16.2 Å². The van der Waals surface area contributed by atoms with E-state index in [0.29, 0.717) is 11.4 Å². The third-order valence-corrected chi connectivity index (χ3v) is 1.94. The van der Waals surface area contributed by atoms with Gasteiger partial charge in [0, 0.05) is 19.3 Å². The molecule has 2 aromatic rings. The molecule has 2 rings (SSSR count). The third kappa shape index (κ3) is 1.88. The summed E-state index contributed by atoms with van der Waals surface area (Å²) in [5.41, 5.74) is 6.77. The van der Waals surface area contributed by atoms with Gasteiger partial charge in [0.25, 0.3) is 5.91 Å². The largest absolute Gasteiger partial charge is 0.396 e. The maximum atomic E-state index is 11.7. The maximum absolute atomic E-state index is 11.7. The average molecular weight is 221 g/mol. The first-order valence-corrected chi connectivity index (χ1v) is 4.60. The molecule has 7 nitrogen and oxygen atoms in total. The minimum absolute atomic E-state index is 0.163. The fourth-order valence-electron chi connectivity index (χ4n) is 1.28. The molecule has 2 heterocycles. The van der Waals surface area contributed by atoms with Crippen LogP contribution in [0.25, 0.3) is 0 Å². The molecule has 0 spiro atoms. The van der Waals surface area contributed by atoms with Gasteiger partial charge < -0.3 is 10.3 Å². The highest BCUT2D eigenvalue weighted by molar-refractivity contribution is 6.05. The quantitative estimate of drug-likeness (QED) is 0.771. The lowest BCUT2D eigenvalue weighted by molar-refractivity contribution is 0.101. The molecule has 0 aliphatic rings. The van der Waals surface area contributed by atoms with Crippen LogP contribution in [0.5, 0.6) is 0 Å². The first-order valence-electron chi connectivity index (χ1n) is 4.60. The van der Waals surface area contributed by atoms with Crippen LogP contribution in [0.3, 0.4) is 0 Å². The second-order valence-corrected chi connectivity index (χ2v) is 3.39. The smallest absolute Gasteiger partial charge is 0.280 e. The monoisotopic (exact) mass is 221 g/mol. The van der Waals surface area contributed by atoms with Crippen molar-refractivity contribution in [2.75, 3.05) is 11.1 Å². The summed E-state index contributed by atoms with van der Waals surface area (Å²) in [5, 5.41) is 10.1. The van der Waals surface area contributed by atoms with E-state index in [9.17, 15) is 4.79 Å². The van der Waals surface area contributed by atoms with Crippen molar-refractivity contribution in [2.24, 2.45) is 7.05 Å². The molecule has 0 aromatic carbocycles. The highest BCUT2D eigenvalue weighted by Crippen LogP contribution is 2.13. The summed E-state index contributed by atoms with van der Waals surface area (Å²) in [6.07, 6.45) is 1.56. The zero-order valence-corrected chi connectivity index (χ0v) is 8.89. The number of nitrogens with zero attached hydrogens (tertiary/aromatic N) is 3. The van der Waals surface area contributed by atoms with Gasteiger partial charge in [0.2, 0.25) is 5.88 Å². The number of aromatic nitrogens is 3. The van der Waals surface area contributed by atoms with Crippen LogP contribution >= 0.6 is 0 Å². The van der Waals surface area contributed by atoms with E-state index >= 15 is 0 Å². The number of hydrogen-bond donors (Lipinski definition) is 2. The fraction of sp³-hybridized carbons (Fsp3) is 0.222. The highest BCUT2D eigenvalue weighted by atomic mass is 16.5. The normalized spacial score (nSPS) is 10.4. The molecule has 0 saturated carbocycles.